The second kappa shape index (κ2) is 12.3. The van der Waals surface area contributed by atoms with Crippen LogP contribution in [0.4, 0.5) is 0 Å². The Morgan fingerprint density at radius 3 is 2.70 bits per heavy atom. The van der Waals surface area contributed by atoms with E-state index in [0.29, 0.717) is 25.5 Å². The summed E-state index contributed by atoms with van der Waals surface area (Å²) in [5, 5.41) is 3.00. The third-order valence-corrected chi connectivity index (χ3v) is 6.62. The number of carbonyl (C=O) groups is 1. The first-order valence-electron chi connectivity index (χ1n) is 10.9. The lowest BCUT2D eigenvalue weighted by Crippen LogP contribution is -2.29. The van der Waals surface area contributed by atoms with Crippen molar-refractivity contribution in [3.05, 3.63) is 29.3 Å². The first-order valence-corrected chi connectivity index (χ1v) is 12.6. The number of hydrogen-bond donors (Lipinski definition) is 2. The fourth-order valence-corrected chi connectivity index (χ4v) is 4.43. The van der Waals surface area contributed by atoms with Gasteiger partial charge >= 0.3 is 5.97 Å². The van der Waals surface area contributed by atoms with Gasteiger partial charge in [0.25, 0.3) is 0 Å². The summed E-state index contributed by atoms with van der Waals surface area (Å²) in [6.45, 7) is 7.59. The van der Waals surface area contributed by atoms with Gasteiger partial charge in [0.15, 0.2) is 0 Å². The predicted octanol–water partition coefficient (Wildman–Crippen LogP) is 3.09. The lowest BCUT2D eigenvalue weighted by Gasteiger charge is -2.17. The van der Waals surface area contributed by atoms with E-state index >= 15 is 0 Å². The first-order chi connectivity index (χ1) is 14.3. The highest BCUT2D eigenvalue weighted by Gasteiger charge is 2.22. The molecule has 0 aliphatic heterocycles. The lowest BCUT2D eigenvalue weighted by atomic mass is 10.1. The number of ether oxygens (including phenoxy) is 2. The highest BCUT2D eigenvalue weighted by Crippen LogP contribution is 2.31. The van der Waals surface area contributed by atoms with E-state index in [2.05, 4.69) is 10.0 Å². The molecule has 1 atom stereocenters. The van der Waals surface area contributed by atoms with Gasteiger partial charge in [-0.05, 0) is 76.1 Å². The summed E-state index contributed by atoms with van der Waals surface area (Å²) >= 11 is 0. The number of unbranched alkanes of at least 4 members (excludes halogenated alkanes) is 2. The summed E-state index contributed by atoms with van der Waals surface area (Å²) < 4.78 is 38.3. The van der Waals surface area contributed by atoms with E-state index in [4.69, 9.17) is 9.47 Å². The molecule has 1 saturated carbocycles. The Labute approximate surface area is 181 Å². The Kier molecular flexibility index (Phi) is 10.1. The molecular formula is C22H36N2O5S. The molecule has 0 spiro atoms. The van der Waals surface area contributed by atoms with Gasteiger partial charge in [-0.2, -0.15) is 0 Å². The molecule has 1 aromatic rings. The van der Waals surface area contributed by atoms with Crippen molar-refractivity contribution in [2.75, 3.05) is 32.1 Å². The van der Waals surface area contributed by atoms with Crippen molar-refractivity contribution in [3.8, 4) is 5.75 Å². The highest BCUT2D eigenvalue weighted by atomic mass is 32.2. The minimum Gasteiger partial charge on any atom is -0.493 e. The molecular weight excluding hydrogens is 404 g/mol. The second-order valence-electron chi connectivity index (χ2n) is 7.98. The van der Waals surface area contributed by atoms with Crippen molar-refractivity contribution in [2.45, 2.75) is 58.9 Å². The second-order valence-corrected chi connectivity index (χ2v) is 9.85. The number of sulfonamides is 1. The number of aryl methyl sites for hydroxylation is 1. The molecule has 8 heteroatoms. The standard InChI is InChI=1S/C22H36N2O5S/c1-4-28-22(25)15-23-12-6-5-7-13-30(26,27)24-18(3)20-11-8-17(2)21(14-20)29-16-19-9-10-19/h8,11,14,18-19,23-24H,4-7,9-10,12-13,15-16H2,1-3H3/t18-/m0/s1. The minimum atomic E-state index is -3.37. The Hall–Kier alpha value is -1.64. The third-order valence-electron chi connectivity index (χ3n) is 5.08. The number of hydrogen-bond acceptors (Lipinski definition) is 6. The summed E-state index contributed by atoms with van der Waals surface area (Å²) in [5.74, 6) is 1.33. The van der Waals surface area contributed by atoms with Gasteiger partial charge in [-0.1, -0.05) is 18.6 Å². The third kappa shape index (κ3) is 9.45. The molecule has 0 heterocycles. The zero-order chi connectivity index (χ0) is 22.0. The van der Waals surface area contributed by atoms with Gasteiger partial charge in [-0.25, -0.2) is 13.1 Å². The monoisotopic (exact) mass is 440 g/mol. The normalized spacial score (nSPS) is 15.0. The molecule has 30 heavy (non-hydrogen) atoms. The average Bonchev–Trinajstić information content (AvgIpc) is 3.50. The van der Waals surface area contributed by atoms with Crippen LogP contribution in [0, 0.1) is 12.8 Å². The summed E-state index contributed by atoms with van der Waals surface area (Å²) in [4.78, 5) is 11.2. The van der Waals surface area contributed by atoms with Gasteiger partial charge in [-0.3, -0.25) is 4.79 Å². The minimum absolute atomic E-state index is 0.0894. The quantitative estimate of drug-likeness (QED) is 0.322. The first kappa shape index (κ1) is 24.6. The van der Waals surface area contributed by atoms with Crippen LogP contribution < -0.4 is 14.8 Å². The number of rotatable bonds is 15. The molecule has 1 aromatic carbocycles. The number of nitrogens with one attached hydrogen (secondary N) is 2. The van der Waals surface area contributed by atoms with Gasteiger partial charge in [0, 0.05) is 6.04 Å². The zero-order valence-electron chi connectivity index (χ0n) is 18.4. The van der Waals surface area contributed by atoms with Crippen molar-refractivity contribution >= 4 is 16.0 Å². The van der Waals surface area contributed by atoms with Crippen LogP contribution in [0.15, 0.2) is 18.2 Å². The smallest absolute Gasteiger partial charge is 0.319 e. The largest absolute Gasteiger partial charge is 0.493 e. The van der Waals surface area contributed by atoms with Crippen LogP contribution in [0.3, 0.4) is 0 Å². The molecule has 1 aliphatic carbocycles. The average molecular weight is 441 g/mol. The van der Waals surface area contributed by atoms with E-state index in [9.17, 15) is 13.2 Å². The maximum atomic E-state index is 12.4. The molecule has 7 nitrogen and oxygen atoms in total. The van der Waals surface area contributed by atoms with Gasteiger partial charge in [-0.15, -0.1) is 0 Å². The van der Waals surface area contributed by atoms with E-state index in [-0.39, 0.29) is 24.3 Å². The van der Waals surface area contributed by atoms with Crippen molar-refractivity contribution in [1.82, 2.24) is 10.0 Å². The topological polar surface area (TPSA) is 93.7 Å². The van der Waals surface area contributed by atoms with Crippen LogP contribution in [-0.4, -0.2) is 46.4 Å². The number of benzene rings is 1. The molecule has 0 amide bonds. The zero-order valence-corrected chi connectivity index (χ0v) is 19.2. The molecule has 0 radical (unpaired) electrons. The Balaban J connectivity index is 1.70. The van der Waals surface area contributed by atoms with Crippen LogP contribution in [-0.2, 0) is 19.6 Å². The SMILES string of the molecule is CCOC(=O)CNCCCCCS(=O)(=O)N[C@@H](C)c1ccc(C)c(OCC2CC2)c1. The highest BCUT2D eigenvalue weighted by molar-refractivity contribution is 7.89. The van der Waals surface area contributed by atoms with Crippen molar-refractivity contribution in [3.63, 3.8) is 0 Å². The van der Waals surface area contributed by atoms with E-state index in [0.717, 1.165) is 36.3 Å². The molecule has 170 valence electrons. The maximum Gasteiger partial charge on any atom is 0.319 e. The summed E-state index contributed by atoms with van der Waals surface area (Å²) in [7, 11) is -3.37. The van der Waals surface area contributed by atoms with Crippen LogP contribution >= 0.6 is 0 Å². The number of esters is 1. The van der Waals surface area contributed by atoms with Gasteiger partial charge in [0.05, 0.1) is 25.5 Å². The van der Waals surface area contributed by atoms with Crippen LogP contribution in [0.25, 0.3) is 0 Å². The molecule has 0 bridgehead atoms. The van der Waals surface area contributed by atoms with Crippen LogP contribution in [0.5, 0.6) is 5.75 Å². The van der Waals surface area contributed by atoms with Crippen molar-refractivity contribution in [2.24, 2.45) is 5.92 Å². The Morgan fingerprint density at radius 1 is 1.23 bits per heavy atom. The summed E-state index contributed by atoms with van der Waals surface area (Å²) in [6.07, 6.45) is 4.62. The maximum absolute atomic E-state index is 12.4. The molecule has 1 aliphatic rings. The van der Waals surface area contributed by atoms with Crippen molar-refractivity contribution in [1.29, 1.82) is 0 Å². The predicted molar refractivity (Wildman–Crippen MR) is 118 cm³/mol. The van der Waals surface area contributed by atoms with Gasteiger partial charge in [0.2, 0.25) is 10.0 Å². The van der Waals surface area contributed by atoms with E-state index in [1.807, 2.05) is 32.0 Å². The molecule has 2 N–H and O–H groups in total. The van der Waals surface area contributed by atoms with Crippen LogP contribution in [0.2, 0.25) is 0 Å². The van der Waals surface area contributed by atoms with Crippen LogP contribution in [0.1, 0.15) is 63.1 Å². The van der Waals surface area contributed by atoms with Gasteiger partial charge < -0.3 is 14.8 Å². The molecule has 2 rings (SSSR count). The summed E-state index contributed by atoms with van der Waals surface area (Å²) in [5.41, 5.74) is 1.96. The van der Waals surface area contributed by atoms with E-state index in [1.165, 1.54) is 12.8 Å². The van der Waals surface area contributed by atoms with Gasteiger partial charge in [0.1, 0.15) is 5.75 Å². The van der Waals surface area contributed by atoms with E-state index in [1.54, 1.807) is 6.92 Å². The molecule has 0 aromatic heterocycles. The Morgan fingerprint density at radius 2 is 2.00 bits per heavy atom. The lowest BCUT2D eigenvalue weighted by molar-refractivity contribution is -0.141. The molecule has 0 unspecified atom stereocenters. The van der Waals surface area contributed by atoms with E-state index < -0.39 is 10.0 Å². The molecule has 1 fully saturated rings. The Bertz CT molecular complexity index is 778. The fraction of sp³-hybridized carbons (Fsp3) is 0.682. The van der Waals surface area contributed by atoms with Crippen molar-refractivity contribution < 1.29 is 22.7 Å². The molecule has 0 saturated heterocycles. The fourth-order valence-electron chi connectivity index (χ4n) is 3.05. The summed E-state index contributed by atoms with van der Waals surface area (Å²) in [6, 6.07) is 5.55. The number of carbonyl (C=O) groups excluding carboxylic acids is 1.